The van der Waals surface area contributed by atoms with Crippen molar-refractivity contribution in [3.8, 4) is 0 Å². The number of aliphatic hydroxyl groups is 1. The van der Waals surface area contributed by atoms with Crippen molar-refractivity contribution in [2.24, 2.45) is 5.92 Å². The van der Waals surface area contributed by atoms with Crippen LogP contribution in [0.4, 0.5) is 0 Å². The highest BCUT2D eigenvalue weighted by atomic mass is 32.1. The summed E-state index contributed by atoms with van der Waals surface area (Å²) in [6, 6.07) is 2.28. The molecular formula is C14H20OS. The smallest absolute Gasteiger partial charge is 0.0910 e. The summed E-state index contributed by atoms with van der Waals surface area (Å²) in [5, 5.41) is 10.4. The fraction of sp³-hybridized carbons (Fsp3) is 0.714. The van der Waals surface area contributed by atoms with E-state index in [-0.39, 0.29) is 6.10 Å². The Morgan fingerprint density at radius 3 is 2.69 bits per heavy atom. The second-order valence-corrected chi connectivity index (χ2v) is 6.46. The number of aryl methyl sites for hydroxylation is 2. The molecule has 1 fully saturated rings. The molecule has 1 atom stereocenters. The Labute approximate surface area is 102 Å². The lowest BCUT2D eigenvalue weighted by Gasteiger charge is -2.25. The monoisotopic (exact) mass is 236 g/mol. The normalized spacial score (nSPS) is 23.3. The molecule has 1 N–H and O–H groups in total. The van der Waals surface area contributed by atoms with E-state index in [1.165, 1.54) is 61.8 Å². The van der Waals surface area contributed by atoms with Crippen LogP contribution in [0, 0.1) is 5.92 Å². The van der Waals surface area contributed by atoms with E-state index in [2.05, 4.69) is 6.07 Å². The number of rotatable bonds is 2. The quantitative estimate of drug-likeness (QED) is 0.827. The van der Waals surface area contributed by atoms with Crippen LogP contribution in [0.2, 0.25) is 0 Å². The van der Waals surface area contributed by atoms with Crippen molar-refractivity contribution in [3.63, 3.8) is 0 Å². The fourth-order valence-corrected chi connectivity index (χ4v) is 4.52. The Morgan fingerprint density at radius 1 is 1.12 bits per heavy atom. The standard InChI is InChI=1S/C14H20OS/c15-14(10-5-2-1-3-6-10)13-9-11-7-4-8-12(11)16-13/h9-10,14-15H,1-8H2. The molecule has 1 nitrogen and oxygen atoms in total. The minimum Gasteiger partial charge on any atom is -0.387 e. The lowest BCUT2D eigenvalue weighted by Crippen LogP contribution is -2.14. The molecule has 88 valence electrons. The second-order valence-electron chi connectivity index (χ2n) is 5.29. The van der Waals surface area contributed by atoms with Crippen molar-refractivity contribution in [2.45, 2.75) is 57.5 Å². The Morgan fingerprint density at radius 2 is 1.94 bits per heavy atom. The molecule has 3 rings (SSSR count). The summed E-state index contributed by atoms with van der Waals surface area (Å²) in [4.78, 5) is 2.79. The van der Waals surface area contributed by atoms with Crippen molar-refractivity contribution >= 4 is 11.3 Å². The van der Waals surface area contributed by atoms with Crippen LogP contribution >= 0.6 is 11.3 Å². The summed E-state index contributed by atoms with van der Waals surface area (Å²) >= 11 is 1.87. The topological polar surface area (TPSA) is 20.2 Å². The molecule has 0 spiro atoms. The van der Waals surface area contributed by atoms with Gasteiger partial charge in [-0.15, -0.1) is 11.3 Å². The largest absolute Gasteiger partial charge is 0.387 e. The van der Waals surface area contributed by atoms with Gasteiger partial charge in [-0.2, -0.15) is 0 Å². The van der Waals surface area contributed by atoms with Crippen molar-refractivity contribution in [3.05, 3.63) is 21.4 Å². The van der Waals surface area contributed by atoms with Crippen LogP contribution in [0.1, 0.15) is 59.9 Å². The van der Waals surface area contributed by atoms with Gasteiger partial charge in [0.25, 0.3) is 0 Å². The average molecular weight is 236 g/mol. The van der Waals surface area contributed by atoms with E-state index >= 15 is 0 Å². The summed E-state index contributed by atoms with van der Waals surface area (Å²) in [5.74, 6) is 0.535. The molecule has 1 aromatic rings. The molecule has 0 aliphatic heterocycles. The number of thiophene rings is 1. The highest BCUT2D eigenvalue weighted by molar-refractivity contribution is 7.12. The van der Waals surface area contributed by atoms with Crippen LogP contribution in [-0.4, -0.2) is 5.11 Å². The summed E-state index contributed by atoms with van der Waals surface area (Å²) in [6.07, 6.45) is 10.1. The van der Waals surface area contributed by atoms with E-state index in [1.54, 1.807) is 4.88 Å². The predicted octanol–water partition coefficient (Wildman–Crippen LogP) is 3.85. The Bertz CT molecular complexity index is 341. The highest BCUT2D eigenvalue weighted by Gasteiger charge is 2.26. The minimum atomic E-state index is -0.170. The van der Waals surface area contributed by atoms with Gasteiger partial charge in [-0.1, -0.05) is 19.3 Å². The van der Waals surface area contributed by atoms with Crippen LogP contribution < -0.4 is 0 Å². The van der Waals surface area contributed by atoms with Crippen molar-refractivity contribution in [1.82, 2.24) is 0 Å². The third-order valence-corrected chi connectivity index (χ3v) is 5.46. The molecular weight excluding hydrogens is 216 g/mol. The maximum absolute atomic E-state index is 10.4. The molecule has 1 unspecified atom stereocenters. The van der Waals surface area contributed by atoms with Gasteiger partial charge in [0.05, 0.1) is 6.10 Å². The van der Waals surface area contributed by atoms with Crippen LogP contribution in [0.5, 0.6) is 0 Å². The maximum Gasteiger partial charge on any atom is 0.0910 e. The van der Waals surface area contributed by atoms with Crippen molar-refractivity contribution < 1.29 is 5.11 Å². The third-order valence-electron chi connectivity index (χ3n) is 4.15. The van der Waals surface area contributed by atoms with Gasteiger partial charge in [0.2, 0.25) is 0 Å². The zero-order valence-corrected chi connectivity index (χ0v) is 10.6. The highest BCUT2D eigenvalue weighted by Crippen LogP contribution is 2.40. The van der Waals surface area contributed by atoms with E-state index in [4.69, 9.17) is 0 Å². The Balaban J connectivity index is 1.75. The Hall–Kier alpha value is -0.340. The number of aliphatic hydroxyl groups excluding tert-OH is 1. The predicted molar refractivity (Wildman–Crippen MR) is 67.9 cm³/mol. The van der Waals surface area contributed by atoms with Gasteiger partial charge in [0, 0.05) is 9.75 Å². The van der Waals surface area contributed by atoms with Crippen molar-refractivity contribution in [1.29, 1.82) is 0 Å². The van der Waals surface area contributed by atoms with Gasteiger partial charge in [-0.25, -0.2) is 0 Å². The number of hydrogen-bond acceptors (Lipinski definition) is 2. The zero-order valence-electron chi connectivity index (χ0n) is 9.74. The fourth-order valence-electron chi connectivity index (χ4n) is 3.18. The molecule has 1 aromatic heterocycles. The molecule has 0 radical (unpaired) electrons. The maximum atomic E-state index is 10.4. The average Bonchev–Trinajstić information content (AvgIpc) is 2.89. The first-order valence-corrected chi connectivity index (χ1v) is 7.46. The van der Waals surface area contributed by atoms with Crippen molar-refractivity contribution in [2.75, 3.05) is 0 Å². The SMILES string of the molecule is OC(c1cc2c(s1)CCC2)C1CCCCC1. The minimum absolute atomic E-state index is 0.170. The molecule has 16 heavy (non-hydrogen) atoms. The van der Waals surface area contributed by atoms with Crippen LogP contribution in [0.15, 0.2) is 6.07 Å². The first kappa shape index (κ1) is 10.8. The molecule has 2 heteroatoms. The number of hydrogen-bond donors (Lipinski definition) is 1. The van der Waals surface area contributed by atoms with Crippen LogP contribution in [-0.2, 0) is 12.8 Å². The Kier molecular flexibility index (Phi) is 3.03. The summed E-state index contributed by atoms with van der Waals surface area (Å²) in [5.41, 5.74) is 1.52. The summed E-state index contributed by atoms with van der Waals surface area (Å²) < 4.78 is 0. The summed E-state index contributed by atoms with van der Waals surface area (Å²) in [6.45, 7) is 0. The molecule has 0 bridgehead atoms. The molecule has 2 aliphatic carbocycles. The van der Waals surface area contributed by atoms with Crippen LogP contribution in [0.3, 0.4) is 0 Å². The first-order valence-electron chi connectivity index (χ1n) is 6.64. The number of fused-ring (bicyclic) bond motifs is 1. The van der Waals surface area contributed by atoms with Gasteiger partial charge < -0.3 is 5.11 Å². The van der Waals surface area contributed by atoms with Gasteiger partial charge in [0.15, 0.2) is 0 Å². The van der Waals surface area contributed by atoms with E-state index in [9.17, 15) is 5.11 Å². The van der Waals surface area contributed by atoms with E-state index in [1.807, 2.05) is 11.3 Å². The molecule has 0 amide bonds. The van der Waals surface area contributed by atoms with E-state index < -0.39 is 0 Å². The van der Waals surface area contributed by atoms with Crippen LogP contribution in [0.25, 0.3) is 0 Å². The summed E-state index contributed by atoms with van der Waals surface area (Å²) in [7, 11) is 0. The molecule has 1 heterocycles. The third kappa shape index (κ3) is 1.93. The molecule has 2 aliphatic rings. The van der Waals surface area contributed by atoms with E-state index in [0.717, 1.165) is 0 Å². The van der Waals surface area contributed by atoms with Gasteiger partial charge in [-0.05, 0) is 49.7 Å². The van der Waals surface area contributed by atoms with E-state index in [0.29, 0.717) is 5.92 Å². The second kappa shape index (κ2) is 4.50. The first-order chi connectivity index (χ1) is 7.84. The lowest BCUT2D eigenvalue weighted by molar-refractivity contribution is 0.0878. The lowest BCUT2D eigenvalue weighted by atomic mass is 9.85. The molecule has 0 aromatic carbocycles. The zero-order chi connectivity index (χ0) is 11.0. The van der Waals surface area contributed by atoms with Gasteiger partial charge >= 0.3 is 0 Å². The molecule has 0 saturated heterocycles. The van der Waals surface area contributed by atoms with Gasteiger partial charge in [-0.3, -0.25) is 0 Å². The molecule has 1 saturated carbocycles. The van der Waals surface area contributed by atoms with Gasteiger partial charge in [0.1, 0.15) is 0 Å².